The summed E-state index contributed by atoms with van der Waals surface area (Å²) in [7, 11) is 0. The number of pyridine rings is 2. The zero-order chi connectivity index (χ0) is 17.8. The Morgan fingerprint density at radius 3 is 2.72 bits per heavy atom. The van der Waals surface area contributed by atoms with E-state index < -0.39 is 18.2 Å². The van der Waals surface area contributed by atoms with Gasteiger partial charge in [0.05, 0.1) is 5.69 Å². The Balaban J connectivity index is 2.01. The average molecular weight is 342 g/mol. The molecule has 7 nitrogen and oxygen atoms in total. The lowest BCUT2D eigenvalue weighted by Gasteiger charge is -2.11. The highest BCUT2D eigenvalue weighted by molar-refractivity contribution is 5.66. The van der Waals surface area contributed by atoms with Gasteiger partial charge in [0.15, 0.2) is 5.82 Å². The van der Waals surface area contributed by atoms with Crippen molar-refractivity contribution >= 4 is 5.97 Å². The highest BCUT2D eigenvalue weighted by atomic mass is 19.1. The van der Waals surface area contributed by atoms with Crippen LogP contribution in [0.1, 0.15) is 13.8 Å². The Kier molecular flexibility index (Phi) is 4.69. The van der Waals surface area contributed by atoms with E-state index in [-0.39, 0.29) is 5.88 Å². The molecule has 0 aliphatic heterocycles. The Morgan fingerprint density at radius 2 is 2.04 bits per heavy atom. The normalized spacial score (nSPS) is 11.8. The summed E-state index contributed by atoms with van der Waals surface area (Å²) in [6.07, 6.45) is 2.17. The third-order valence-corrected chi connectivity index (χ3v) is 3.19. The number of carbonyl (C=O) groups is 1. The van der Waals surface area contributed by atoms with Crippen LogP contribution in [-0.2, 0) is 9.53 Å². The molecule has 0 amide bonds. The van der Waals surface area contributed by atoms with Gasteiger partial charge in [-0.25, -0.2) is 14.6 Å². The molecule has 0 saturated carbocycles. The Morgan fingerprint density at radius 1 is 1.20 bits per heavy atom. The minimum Gasteiger partial charge on any atom is -0.436 e. The highest BCUT2D eigenvalue weighted by Crippen LogP contribution is 2.27. The van der Waals surface area contributed by atoms with Crippen LogP contribution in [0.2, 0.25) is 0 Å². The largest absolute Gasteiger partial charge is 0.436 e. The van der Waals surface area contributed by atoms with E-state index in [1.165, 1.54) is 23.9 Å². The molecular formula is C17H15FN4O3. The first kappa shape index (κ1) is 16.6. The molecule has 8 heteroatoms. The molecule has 0 aliphatic rings. The van der Waals surface area contributed by atoms with Crippen LogP contribution >= 0.6 is 0 Å². The molecule has 0 radical (unpaired) electrons. The molecule has 0 fully saturated rings. The number of carbonyl (C=O) groups excluding carboxylic acids is 1. The molecule has 3 aromatic heterocycles. The van der Waals surface area contributed by atoms with E-state index in [0.29, 0.717) is 17.1 Å². The van der Waals surface area contributed by atoms with Crippen molar-refractivity contribution in [2.75, 3.05) is 0 Å². The fraction of sp³-hybridized carbons (Fsp3) is 0.176. The van der Waals surface area contributed by atoms with Crippen LogP contribution < -0.4 is 4.74 Å². The van der Waals surface area contributed by atoms with Crippen molar-refractivity contribution in [1.82, 2.24) is 19.7 Å². The van der Waals surface area contributed by atoms with Gasteiger partial charge < -0.3 is 9.47 Å². The minimum absolute atomic E-state index is 0.214. The zero-order valence-corrected chi connectivity index (χ0v) is 13.6. The summed E-state index contributed by atoms with van der Waals surface area (Å²) in [5.74, 6) is -0.327. The van der Waals surface area contributed by atoms with E-state index in [0.717, 1.165) is 0 Å². The van der Waals surface area contributed by atoms with Crippen molar-refractivity contribution in [1.29, 1.82) is 0 Å². The first-order valence-electron chi connectivity index (χ1n) is 7.50. The monoisotopic (exact) mass is 342 g/mol. The van der Waals surface area contributed by atoms with Crippen LogP contribution in [0.3, 0.4) is 0 Å². The van der Waals surface area contributed by atoms with Crippen LogP contribution in [0, 0.1) is 5.95 Å². The van der Waals surface area contributed by atoms with E-state index in [1.54, 1.807) is 37.4 Å². The molecule has 0 bridgehead atoms. The van der Waals surface area contributed by atoms with Crippen molar-refractivity contribution in [3.63, 3.8) is 0 Å². The quantitative estimate of drug-likeness (QED) is 0.403. The molecule has 0 saturated heterocycles. The van der Waals surface area contributed by atoms with E-state index >= 15 is 0 Å². The van der Waals surface area contributed by atoms with Crippen LogP contribution in [0.5, 0.6) is 5.88 Å². The van der Waals surface area contributed by atoms with E-state index in [9.17, 15) is 9.18 Å². The third kappa shape index (κ3) is 3.97. The lowest BCUT2D eigenvalue weighted by Crippen LogP contribution is -2.19. The lowest BCUT2D eigenvalue weighted by molar-refractivity contribution is -0.158. The first-order chi connectivity index (χ1) is 12.0. The Bertz CT molecular complexity index is 883. The van der Waals surface area contributed by atoms with E-state index in [4.69, 9.17) is 9.47 Å². The van der Waals surface area contributed by atoms with Gasteiger partial charge in [0.2, 0.25) is 18.1 Å². The molecule has 3 rings (SSSR count). The fourth-order valence-electron chi connectivity index (χ4n) is 2.27. The van der Waals surface area contributed by atoms with Crippen molar-refractivity contribution in [2.45, 2.75) is 20.1 Å². The summed E-state index contributed by atoms with van der Waals surface area (Å²) >= 11 is 0. The van der Waals surface area contributed by atoms with Crippen molar-refractivity contribution in [3.8, 4) is 23.0 Å². The van der Waals surface area contributed by atoms with E-state index in [2.05, 4.69) is 15.1 Å². The standard InChI is InChI=1S/C17H15FN4O3/c1-11(23)24-12(2)25-17-10-14(13-6-8-19-15(18)9-13)22(21-17)16-5-3-4-7-20-16/h3-10,12H,1-2H3. The third-order valence-electron chi connectivity index (χ3n) is 3.19. The molecule has 3 aromatic rings. The van der Waals surface area contributed by atoms with Crippen molar-refractivity contribution < 1.29 is 18.7 Å². The zero-order valence-electron chi connectivity index (χ0n) is 13.6. The molecule has 0 aromatic carbocycles. The van der Waals surface area contributed by atoms with Crippen LogP contribution in [-0.4, -0.2) is 32.0 Å². The van der Waals surface area contributed by atoms with Crippen LogP contribution in [0.15, 0.2) is 48.8 Å². The molecule has 3 heterocycles. The van der Waals surface area contributed by atoms with Gasteiger partial charge in [-0.05, 0) is 18.2 Å². The SMILES string of the molecule is CC(=O)OC(C)Oc1cc(-c2ccnc(F)c2)n(-c2ccccn2)n1. The van der Waals surface area contributed by atoms with Gasteiger partial charge in [-0.2, -0.15) is 4.39 Å². The Labute approximate surface area is 143 Å². The van der Waals surface area contributed by atoms with Gasteiger partial charge in [0.25, 0.3) is 0 Å². The summed E-state index contributed by atoms with van der Waals surface area (Å²) in [4.78, 5) is 18.8. The smallest absolute Gasteiger partial charge is 0.305 e. The van der Waals surface area contributed by atoms with Crippen molar-refractivity contribution in [2.24, 2.45) is 0 Å². The molecule has 128 valence electrons. The lowest BCUT2D eigenvalue weighted by atomic mass is 10.2. The van der Waals surface area contributed by atoms with Gasteiger partial charge in [-0.15, -0.1) is 5.10 Å². The molecule has 25 heavy (non-hydrogen) atoms. The summed E-state index contributed by atoms with van der Waals surface area (Å²) < 4.78 is 25.5. The maximum Gasteiger partial charge on any atom is 0.305 e. The van der Waals surface area contributed by atoms with Crippen molar-refractivity contribution in [3.05, 3.63) is 54.7 Å². The molecule has 1 atom stereocenters. The topological polar surface area (TPSA) is 79.1 Å². The number of ether oxygens (including phenoxy) is 2. The molecule has 0 spiro atoms. The summed E-state index contributed by atoms with van der Waals surface area (Å²) in [6, 6.07) is 9.90. The highest BCUT2D eigenvalue weighted by Gasteiger charge is 2.16. The van der Waals surface area contributed by atoms with Gasteiger partial charge >= 0.3 is 5.97 Å². The molecule has 0 N–H and O–H groups in total. The summed E-state index contributed by atoms with van der Waals surface area (Å²) in [6.45, 7) is 2.87. The number of rotatable bonds is 5. The average Bonchev–Trinajstić information content (AvgIpc) is 2.98. The van der Waals surface area contributed by atoms with Gasteiger partial charge in [0, 0.05) is 43.9 Å². The van der Waals surface area contributed by atoms with Gasteiger partial charge in [0.1, 0.15) is 0 Å². The number of nitrogens with zero attached hydrogens (tertiary/aromatic N) is 4. The predicted octanol–water partition coefficient (Wildman–Crippen LogP) is 2.76. The summed E-state index contributed by atoms with van der Waals surface area (Å²) in [5.41, 5.74) is 1.12. The maximum absolute atomic E-state index is 13.5. The summed E-state index contributed by atoms with van der Waals surface area (Å²) in [5, 5.41) is 4.33. The number of halogens is 1. The molecule has 0 aliphatic carbocycles. The second-order valence-corrected chi connectivity index (χ2v) is 5.13. The molecular weight excluding hydrogens is 327 g/mol. The first-order valence-corrected chi connectivity index (χ1v) is 7.50. The van der Waals surface area contributed by atoms with Crippen LogP contribution in [0.25, 0.3) is 17.1 Å². The number of esters is 1. The number of hydrogen-bond acceptors (Lipinski definition) is 6. The minimum atomic E-state index is -0.813. The Hall–Kier alpha value is -3.29. The second-order valence-electron chi connectivity index (χ2n) is 5.13. The number of aromatic nitrogens is 4. The fourth-order valence-corrected chi connectivity index (χ4v) is 2.27. The maximum atomic E-state index is 13.5. The van der Waals surface area contributed by atoms with E-state index in [1.807, 2.05) is 6.07 Å². The predicted molar refractivity (Wildman–Crippen MR) is 86.4 cm³/mol. The number of hydrogen-bond donors (Lipinski definition) is 0. The van der Waals surface area contributed by atoms with Gasteiger partial charge in [-0.3, -0.25) is 4.79 Å². The second kappa shape index (κ2) is 7.08. The molecule has 1 unspecified atom stereocenters. The van der Waals surface area contributed by atoms with Crippen LogP contribution in [0.4, 0.5) is 4.39 Å². The van der Waals surface area contributed by atoms with Gasteiger partial charge in [-0.1, -0.05) is 6.07 Å².